The van der Waals surface area contributed by atoms with E-state index in [1.807, 2.05) is 13.8 Å². The third kappa shape index (κ3) is 8.10. The number of aromatic nitrogens is 1. The molecule has 1 aromatic carbocycles. The van der Waals surface area contributed by atoms with Crippen molar-refractivity contribution in [3.8, 4) is 0 Å². The first-order valence-electron chi connectivity index (χ1n) is 9.46. The van der Waals surface area contributed by atoms with Gasteiger partial charge in [-0.2, -0.15) is 0 Å². The van der Waals surface area contributed by atoms with Crippen LogP contribution < -0.4 is 10.6 Å². The van der Waals surface area contributed by atoms with E-state index < -0.39 is 5.91 Å². The first kappa shape index (κ1) is 25.1. The highest BCUT2D eigenvalue weighted by Crippen LogP contribution is 2.23. The molecule has 168 valence electrons. The lowest BCUT2D eigenvalue weighted by Gasteiger charge is -2.22. The predicted molar refractivity (Wildman–Crippen MR) is 122 cm³/mol. The van der Waals surface area contributed by atoms with Crippen LogP contribution in [0, 0.1) is 0 Å². The summed E-state index contributed by atoms with van der Waals surface area (Å²) in [7, 11) is 1.51. The average Bonchev–Trinajstić information content (AvgIpc) is 3.12. The number of methoxy groups -OCH3 is 1. The zero-order chi connectivity index (χ0) is 23.0. The lowest BCUT2D eigenvalue weighted by molar-refractivity contribution is -0.121. The number of halogens is 2. The summed E-state index contributed by atoms with van der Waals surface area (Å²) in [6.07, 6.45) is 0.125. The van der Waals surface area contributed by atoms with Crippen LogP contribution in [0.4, 0.5) is 5.13 Å². The van der Waals surface area contributed by atoms with Crippen molar-refractivity contribution in [2.45, 2.75) is 26.3 Å². The van der Waals surface area contributed by atoms with Gasteiger partial charge in [0.05, 0.1) is 28.8 Å². The molecule has 0 radical (unpaired) electrons. The quantitative estimate of drug-likeness (QED) is 0.536. The van der Waals surface area contributed by atoms with Crippen LogP contribution in [-0.4, -0.2) is 60.5 Å². The number of rotatable bonds is 10. The highest BCUT2D eigenvalue weighted by atomic mass is 35.5. The Bertz CT molecular complexity index is 936. The Morgan fingerprint density at radius 1 is 1.19 bits per heavy atom. The van der Waals surface area contributed by atoms with Gasteiger partial charge in [0.1, 0.15) is 6.54 Å². The topological polar surface area (TPSA) is 101 Å². The SMILES string of the molecule is COCCN(CC(=O)Nc1nc(CC(=O)NC(C)C)cs1)C(=O)c1ccc(Cl)c(Cl)c1. The minimum Gasteiger partial charge on any atom is -0.383 e. The number of carbonyl (C=O) groups is 3. The lowest BCUT2D eigenvalue weighted by atomic mass is 10.2. The summed E-state index contributed by atoms with van der Waals surface area (Å²) in [5, 5.41) is 8.10. The van der Waals surface area contributed by atoms with Crippen molar-refractivity contribution < 1.29 is 19.1 Å². The van der Waals surface area contributed by atoms with Crippen molar-refractivity contribution in [1.82, 2.24) is 15.2 Å². The van der Waals surface area contributed by atoms with Crippen LogP contribution in [0.1, 0.15) is 29.9 Å². The second-order valence-electron chi connectivity index (χ2n) is 6.94. The highest BCUT2D eigenvalue weighted by Gasteiger charge is 2.20. The molecule has 0 atom stereocenters. The number of hydrogen-bond donors (Lipinski definition) is 2. The molecule has 0 aliphatic rings. The molecule has 11 heteroatoms. The summed E-state index contributed by atoms with van der Waals surface area (Å²) in [6, 6.07) is 4.57. The Morgan fingerprint density at radius 2 is 1.94 bits per heavy atom. The van der Waals surface area contributed by atoms with Crippen LogP contribution in [0.5, 0.6) is 0 Å². The number of amides is 3. The second kappa shape index (κ2) is 12.0. The molecule has 3 amide bonds. The molecule has 2 aromatic rings. The predicted octanol–water partition coefficient (Wildman–Crippen LogP) is 3.24. The molecular weight excluding hydrogens is 463 g/mol. The number of anilines is 1. The van der Waals surface area contributed by atoms with Gasteiger partial charge in [-0.1, -0.05) is 23.2 Å². The Labute approximate surface area is 194 Å². The zero-order valence-corrected chi connectivity index (χ0v) is 19.7. The van der Waals surface area contributed by atoms with Crippen LogP contribution in [0.3, 0.4) is 0 Å². The minimum absolute atomic E-state index is 0.0384. The summed E-state index contributed by atoms with van der Waals surface area (Å²) in [5.41, 5.74) is 0.868. The van der Waals surface area contributed by atoms with E-state index in [2.05, 4.69) is 15.6 Å². The number of ether oxygens (including phenoxy) is 1. The van der Waals surface area contributed by atoms with Gasteiger partial charge >= 0.3 is 0 Å². The molecule has 0 unspecified atom stereocenters. The fourth-order valence-electron chi connectivity index (χ4n) is 2.58. The van der Waals surface area contributed by atoms with Crippen molar-refractivity contribution in [2.24, 2.45) is 0 Å². The molecular formula is C20H24Cl2N4O4S. The molecule has 0 aliphatic carbocycles. The Balaban J connectivity index is 2.01. The molecule has 2 N–H and O–H groups in total. The number of nitrogens with one attached hydrogen (secondary N) is 2. The third-order valence-corrected chi connectivity index (χ3v) is 5.49. The van der Waals surface area contributed by atoms with Gasteiger partial charge in [0, 0.05) is 30.6 Å². The molecule has 0 fully saturated rings. The Kier molecular flexibility index (Phi) is 9.70. The summed E-state index contributed by atoms with van der Waals surface area (Å²) in [6.45, 7) is 4.01. The first-order valence-corrected chi connectivity index (χ1v) is 11.1. The fraction of sp³-hybridized carbons (Fsp3) is 0.400. The van der Waals surface area contributed by atoms with Gasteiger partial charge < -0.3 is 20.3 Å². The fourth-order valence-corrected chi connectivity index (χ4v) is 3.61. The van der Waals surface area contributed by atoms with Crippen LogP contribution in [0.2, 0.25) is 10.0 Å². The average molecular weight is 487 g/mol. The smallest absolute Gasteiger partial charge is 0.254 e. The van der Waals surface area contributed by atoms with Gasteiger partial charge in [-0.15, -0.1) is 11.3 Å². The summed E-state index contributed by atoms with van der Waals surface area (Å²) in [4.78, 5) is 42.8. The van der Waals surface area contributed by atoms with E-state index in [9.17, 15) is 14.4 Å². The number of carbonyl (C=O) groups excluding carboxylic acids is 3. The van der Waals surface area contributed by atoms with Gasteiger partial charge in [-0.3, -0.25) is 14.4 Å². The molecule has 8 nitrogen and oxygen atoms in total. The molecule has 0 saturated heterocycles. The van der Waals surface area contributed by atoms with Crippen LogP contribution in [0.15, 0.2) is 23.6 Å². The van der Waals surface area contributed by atoms with Crippen molar-refractivity contribution >= 4 is 57.4 Å². The van der Waals surface area contributed by atoms with E-state index in [0.717, 1.165) is 0 Å². The normalized spacial score (nSPS) is 10.8. The van der Waals surface area contributed by atoms with Gasteiger partial charge in [-0.25, -0.2) is 4.98 Å². The maximum Gasteiger partial charge on any atom is 0.254 e. The summed E-state index contributed by atoms with van der Waals surface area (Å²) in [5.74, 6) is -0.941. The standard InChI is InChI=1S/C20H24Cl2N4O4S/c1-12(2)23-17(27)9-14-11-31-20(24-14)25-18(28)10-26(6-7-30-3)19(29)13-4-5-15(21)16(22)8-13/h4-5,8,11-12H,6-7,9-10H2,1-3H3,(H,23,27)(H,24,25,28). The highest BCUT2D eigenvalue weighted by molar-refractivity contribution is 7.13. The second-order valence-corrected chi connectivity index (χ2v) is 8.61. The van der Waals surface area contributed by atoms with Crippen LogP contribution >= 0.6 is 34.5 Å². The number of benzene rings is 1. The molecule has 0 spiro atoms. The van der Waals surface area contributed by atoms with E-state index in [-0.39, 0.29) is 49.0 Å². The molecule has 0 bridgehead atoms. The van der Waals surface area contributed by atoms with Crippen LogP contribution in [-0.2, 0) is 20.7 Å². The van der Waals surface area contributed by atoms with Gasteiger partial charge in [0.15, 0.2) is 5.13 Å². The summed E-state index contributed by atoms with van der Waals surface area (Å²) >= 11 is 13.1. The zero-order valence-electron chi connectivity index (χ0n) is 17.4. The Morgan fingerprint density at radius 3 is 2.58 bits per heavy atom. The minimum atomic E-state index is -0.419. The molecule has 1 aromatic heterocycles. The summed E-state index contributed by atoms with van der Waals surface area (Å²) < 4.78 is 5.05. The van der Waals surface area contributed by atoms with E-state index in [1.165, 1.54) is 35.5 Å². The van der Waals surface area contributed by atoms with E-state index in [4.69, 9.17) is 27.9 Å². The maximum absolute atomic E-state index is 12.8. The van der Waals surface area contributed by atoms with Crippen molar-refractivity contribution in [2.75, 3.05) is 32.1 Å². The van der Waals surface area contributed by atoms with E-state index in [0.29, 0.717) is 21.4 Å². The van der Waals surface area contributed by atoms with Gasteiger partial charge in [-0.05, 0) is 32.0 Å². The van der Waals surface area contributed by atoms with Crippen LogP contribution in [0.25, 0.3) is 0 Å². The van der Waals surface area contributed by atoms with Crippen molar-refractivity contribution in [1.29, 1.82) is 0 Å². The number of thiazole rings is 1. The molecule has 31 heavy (non-hydrogen) atoms. The monoisotopic (exact) mass is 486 g/mol. The van der Waals surface area contributed by atoms with Crippen molar-refractivity contribution in [3.05, 3.63) is 44.9 Å². The molecule has 1 heterocycles. The largest absolute Gasteiger partial charge is 0.383 e. The van der Waals surface area contributed by atoms with Gasteiger partial charge in [0.25, 0.3) is 5.91 Å². The molecule has 2 rings (SSSR count). The number of nitrogens with zero attached hydrogens (tertiary/aromatic N) is 2. The maximum atomic E-state index is 12.8. The van der Waals surface area contributed by atoms with Gasteiger partial charge in [0.2, 0.25) is 11.8 Å². The van der Waals surface area contributed by atoms with E-state index >= 15 is 0 Å². The molecule has 0 saturated carbocycles. The van der Waals surface area contributed by atoms with Crippen molar-refractivity contribution in [3.63, 3.8) is 0 Å². The number of hydrogen-bond acceptors (Lipinski definition) is 6. The van der Waals surface area contributed by atoms with E-state index in [1.54, 1.807) is 11.4 Å². The third-order valence-electron chi connectivity index (χ3n) is 3.94. The lowest BCUT2D eigenvalue weighted by Crippen LogP contribution is -2.40. The Hall–Kier alpha value is -2.20. The molecule has 0 aliphatic heterocycles. The first-order chi connectivity index (χ1) is 14.7.